The van der Waals surface area contributed by atoms with Gasteiger partial charge >= 0.3 is 0 Å². The minimum Gasteiger partial charge on any atom is -0.384 e. The highest BCUT2D eigenvalue weighted by molar-refractivity contribution is 5.95. The highest BCUT2D eigenvalue weighted by atomic mass is 16.7. The van der Waals surface area contributed by atoms with Crippen molar-refractivity contribution in [3.8, 4) is 0 Å². The molecule has 2 aromatic rings. The zero-order valence-electron chi connectivity index (χ0n) is 10.7. The average Bonchev–Trinajstić information content (AvgIpc) is 2.49. The molecule has 0 unspecified atom stereocenters. The Hall–Kier alpha value is -2.66. The van der Waals surface area contributed by atoms with Crippen molar-refractivity contribution < 1.29 is 9.63 Å². The van der Waals surface area contributed by atoms with E-state index in [0.29, 0.717) is 17.7 Å². The molecule has 1 amide bonds. The molecule has 2 rings (SSSR count). The van der Waals surface area contributed by atoms with Crippen LogP contribution < -0.4 is 10.8 Å². The second-order valence-corrected chi connectivity index (χ2v) is 4.07. The van der Waals surface area contributed by atoms with Gasteiger partial charge in [-0.1, -0.05) is 30.3 Å². The van der Waals surface area contributed by atoms with Crippen molar-refractivity contribution in [2.24, 2.45) is 5.73 Å². The second-order valence-electron chi connectivity index (χ2n) is 4.07. The summed E-state index contributed by atoms with van der Waals surface area (Å²) in [6.07, 6.45) is 0.572. The number of rotatable bonds is 6. The molecule has 3 N–H and O–H groups in total. The van der Waals surface area contributed by atoms with Gasteiger partial charge in [-0.15, -0.1) is 0 Å². The molecule has 0 aliphatic heterocycles. The van der Waals surface area contributed by atoms with Crippen LogP contribution in [0.1, 0.15) is 11.1 Å². The molecular weight excluding hydrogens is 254 g/mol. The number of carbonyl (C=O) groups is 1. The van der Waals surface area contributed by atoms with E-state index < -0.39 is 0 Å². The van der Waals surface area contributed by atoms with Crippen molar-refractivity contribution in [2.45, 2.75) is 6.61 Å². The van der Waals surface area contributed by atoms with Gasteiger partial charge in [0.05, 0.1) is 5.69 Å². The van der Waals surface area contributed by atoms with Gasteiger partial charge in [0.25, 0.3) is 0 Å². The molecule has 0 aliphatic carbocycles. The van der Waals surface area contributed by atoms with Gasteiger partial charge in [0.15, 0.2) is 0 Å². The minimum absolute atomic E-state index is 0.0457. The third-order valence-electron chi connectivity index (χ3n) is 2.65. The lowest BCUT2D eigenvalue weighted by molar-refractivity contribution is -0.114. The SMILES string of the molecule is N=C(N)c1c[c]c(N(C=O)OCc2ccccc2)cc1. The molecule has 0 saturated carbocycles. The normalized spacial score (nSPS) is 10.0. The molecule has 2 aromatic carbocycles. The summed E-state index contributed by atoms with van der Waals surface area (Å²) in [6.45, 7) is 0.280. The van der Waals surface area contributed by atoms with Gasteiger partial charge in [-0.3, -0.25) is 15.0 Å². The molecule has 0 fully saturated rings. The molecule has 0 heterocycles. The van der Waals surface area contributed by atoms with E-state index in [2.05, 4.69) is 6.07 Å². The van der Waals surface area contributed by atoms with Crippen LogP contribution in [-0.4, -0.2) is 12.2 Å². The van der Waals surface area contributed by atoms with Crippen molar-refractivity contribution in [3.05, 3.63) is 65.7 Å². The molecule has 1 radical (unpaired) electrons. The summed E-state index contributed by atoms with van der Waals surface area (Å²) in [5.41, 5.74) is 7.32. The van der Waals surface area contributed by atoms with Crippen molar-refractivity contribution in [3.63, 3.8) is 0 Å². The summed E-state index contributed by atoms with van der Waals surface area (Å²) >= 11 is 0. The van der Waals surface area contributed by atoms with E-state index in [1.54, 1.807) is 18.2 Å². The van der Waals surface area contributed by atoms with Gasteiger partial charge in [0.1, 0.15) is 12.4 Å². The zero-order valence-corrected chi connectivity index (χ0v) is 10.7. The first-order chi connectivity index (χ1) is 9.70. The first-order valence-corrected chi connectivity index (χ1v) is 5.98. The molecule has 0 aromatic heterocycles. The first kappa shape index (κ1) is 13.8. The second kappa shape index (κ2) is 6.49. The van der Waals surface area contributed by atoms with Crippen LogP contribution in [-0.2, 0) is 16.2 Å². The molecule has 0 spiro atoms. The van der Waals surface area contributed by atoms with E-state index in [1.165, 1.54) is 0 Å². The monoisotopic (exact) mass is 268 g/mol. The Morgan fingerprint density at radius 1 is 1.30 bits per heavy atom. The molecule has 5 heteroatoms. The predicted molar refractivity (Wildman–Crippen MR) is 76.1 cm³/mol. The van der Waals surface area contributed by atoms with Crippen LogP contribution in [0.3, 0.4) is 0 Å². The summed E-state index contributed by atoms with van der Waals surface area (Å²) in [5.74, 6) is -0.0457. The topological polar surface area (TPSA) is 79.4 Å². The molecule has 0 bridgehead atoms. The Morgan fingerprint density at radius 2 is 2.05 bits per heavy atom. The van der Waals surface area contributed by atoms with Gasteiger partial charge < -0.3 is 5.73 Å². The maximum absolute atomic E-state index is 11.1. The van der Waals surface area contributed by atoms with Crippen LogP contribution in [0.2, 0.25) is 0 Å². The number of nitrogens with zero attached hydrogens (tertiary/aromatic N) is 1. The Labute approximate surface area is 117 Å². The van der Waals surface area contributed by atoms with Crippen molar-refractivity contribution in [1.29, 1.82) is 5.41 Å². The van der Waals surface area contributed by atoms with E-state index in [0.717, 1.165) is 10.6 Å². The number of amidine groups is 1. The van der Waals surface area contributed by atoms with Crippen LogP contribution in [0.15, 0.2) is 48.5 Å². The lowest BCUT2D eigenvalue weighted by atomic mass is 10.2. The fourth-order valence-corrected chi connectivity index (χ4v) is 1.60. The third kappa shape index (κ3) is 3.43. The summed E-state index contributed by atoms with van der Waals surface area (Å²) in [7, 11) is 0. The first-order valence-electron chi connectivity index (χ1n) is 5.98. The van der Waals surface area contributed by atoms with E-state index in [1.807, 2.05) is 30.3 Å². The van der Waals surface area contributed by atoms with E-state index in [9.17, 15) is 4.79 Å². The van der Waals surface area contributed by atoms with Crippen LogP contribution in [0.25, 0.3) is 0 Å². The summed E-state index contributed by atoms with van der Waals surface area (Å²) < 4.78 is 0. The summed E-state index contributed by atoms with van der Waals surface area (Å²) in [5, 5.41) is 8.39. The third-order valence-corrected chi connectivity index (χ3v) is 2.65. The molecule has 0 saturated heterocycles. The van der Waals surface area contributed by atoms with Gasteiger partial charge in [-0.2, -0.15) is 5.06 Å². The highest BCUT2D eigenvalue weighted by Gasteiger charge is 2.07. The Kier molecular flexibility index (Phi) is 4.47. The standard InChI is InChI=1S/C15H14N3O2/c16-15(17)13-6-8-14(9-7-13)18(11-19)20-10-12-4-2-1-3-5-12/h1-8,11H,10H2,(H3,16,17). The summed E-state index contributed by atoms with van der Waals surface area (Å²) in [6, 6.07) is 17.2. The maximum Gasteiger partial charge on any atom is 0.238 e. The predicted octanol–water partition coefficient (Wildman–Crippen LogP) is 1.87. The number of hydroxylamine groups is 1. The lowest BCUT2D eigenvalue weighted by Gasteiger charge is -2.16. The number of nitrogens with two attached hydrogens (primary N) is 1. The molecule has 5 nitrogen and oxygen atoms in total. The highest BCUT2D eigenvalue weighted by Crippen LogP contribution is 2.14. The van der Waals surface area contributed by atoms with Crippen LogP contribution >= 0.6 is 0 Å². The van der Waals surface area contributed by atoms with Crippen molar-refractivity contribution in [1.82, 2.24) is 0 Å². The van der Waals surface area contributed by atoms with Crippen molar-refractivity contribution in [2.75, 3.05) is 5.06 Å². The largest absolute Gasteiger partial charge is 0.384 e. The molecule has 101 valence electrons. The smallest absolute Gasteiger partial charge is 0.238 e. The number of amides is 1. The van der Waals surface area contributed by atoms with Gasteiger partial charge in [0, 0.05) is 11.6 Å². The number of benzene rings is 2. The minimum atomic E-state index is -0.0457. The van der Waals surface area contributed by atoms with Gasteiger partial charge in [0.2, 0.25) is 6.41 Å². The van der Waals surface area contributed by atoms with Crippen LogP contribution in [0, 0.1) is 11.5 Å². The maximum atomic E-state index is 11.1. The van der Waals surface area contributed by atoms with Crippen molar-refractivity contribution >= 4 is 17.9 Å². The number of carbonyl (C=O) groups excluding carboxylic acids is 1. The number of hydrogen-bond donors (Lipinski definition) is 2. The van der Waals surface area contributed by atoms with Crippen LogP contribution in [0.4, 0.5) is 5.69 Å². The summed E-state index contributed by atoms with van der Waals surface area (Å²) in [4.78, 5) is 16.5. The van der Waals surface area contributed by atoms with E-state index in [4.69, 9.17) is 16.0 Å². The quantitative estimate of drug-likeness (QED) is 0.363. The fraction of sp³-hybridized carbons (Fsp3) is 0.0667. The number of hydrogen-bond acceptors (Lipinski definition) is 3. The number of nitrogens with one attached hydrogen (secondary N) is 1. The number of nitrogen functional groups attached to an aromatic ring is 1. The van der Waals surface area contributed by atoms with Gasteiger partial charge in [-0.25, -0.2) is 0 Å². The number of anilines is 1. The zero-order chi connectivity index (χ0) is 14.4. The van der Waals surface area contributed by atoms with Gasteiger partial charge in [-0.05, 0) is 23.8 Å². The molecule has 20 heavy (non-hydrogen) atoms. The molecule has 0 aliphatic rings. The molecular formula is C15H14N3O2. The van der Waals surface area contributed by atoms with Crippen LogP contribution in [0.5, 0.6) is 0 Å². The Morgan fingerprint density at radius 3 is 2.60 bits per heavy atom. The van der Waals surface area contributed by atoms with E-state index >= 15 is 0 Å². The Bertz CT molecular complexity index is 582. The Balaban J connectivity index is 2.04. The lowest BCUT2D eigenvalue weighted by Crippen LogP contribution is -2.21. The fourth-order valence-electron chi connectivity index (χ4n) is 1.60. The van der Waals surface area contributed by atoms with E-state index in [-0.39, 0.29) is 12.4 Å². The average molecular weight is 268 g/mol. The molecule has 0 atom stereocenters.